The number of thioether (sulfide) groups is 1. The van der Waals surface area contributed by atoms with Crippen LogP contribution in [0.5, 0.6) is 0 Å². The number of nitrogens with zero attached hydrogens (tertiary/aromatic N) is 1. The molecule has 0 bridgehead atoms. The Hall–Kier alpha value is -0.180. The fraction of sp³-hybridized carbons (Fsp3) is 0.909. The van der Waals surface area contributed by atoms with Gasteiger partial charge in [-0.25, -0.2) is 0 Å². The highest BCUT2D eigenvalue weighted by atomic mass is 32.2. The average molecular weight is 214 g/mol. The van der Waals surface area contributed by atoms with Crippen molar-refractivity contribution in [2.24, 2.45) is 10.4 Å². The third kappa shape index (κ3) is 3.19. The molecule has 14 heavy (non-hydrogen) atoms. The van der Waals surface area contributed by atoms with Crippen LogP contribution >= 0.6 is 11.8 Å². The van der Waals surface area contributed by atoms with Crippen molar-refractivity contribution in [1.29, 1.82) is 0 Å². The van der Waals surface area contributed by atoms with Gasteiger partial charge in [-0.05, 0) is 18.8 Å². The largest absolute Gasteiger partial charge is 0.362 e. The SMILES string of the molecule is CCC1CN=C(NC(C)C(C)(C)C)S1. The number of hydrogen-bond acceptors (Lipinski definition) is 3. The van der Waals surface area contributed by atoms with Crippen LogP contribution in [0.15, 0.2) is 4.99 Å². The highest BCUT2D eigenvalue weighted by molar-refractivity contribution is 8.14. The van der Waals surface area contributed by atoms with Gasteiger partial charge in [0.1, 0.15) is 0 Å². The Balaban J connectivity index is 2.40. The Kier molecular flexibility index (Phi) is 3.87. The molecule has 0 aromatic rings. The number of nitrogens with one attached hydrogen (secondary N) is 1. The van der Waals surface area contributed by atoms with E-state index in [9.17, 15) is 0 Å². The van der Waals surface area contributed by atoms with E-state index in [2.05, 4.69) is 44.9 Å². The third-order valence-corrected chi connectivity index (χ3v) is 4.10. The molecule has 0 radical (unpaired) electrons. The molecule has 82 valence electrons. The maximum atomic E-state index is 4.51. The number of amidine groups is 1. The molecule has 2 atom stereocenters. The highest BCUT2D eigenvalue weighted by Gasteiger charge is 2.24. The predicted octanol–water partition coefficient (Wildman–Crippen LogP) is 2.89. The second-order valence-electron chi connectivity index (χ2n) is 5.03. The van der Waals surface area contributed by atoms with E-state index >= 15 is 0 Å². The van der Waals surface area contributed by atoms with Crippen LogP contribution in [0.1, 0.15) is 41.0 Å². The molecule has 1 aliphatic heterocycles. The smallest absolute Gasteiger partial charge is 0.157 e. The van der Waals surface area contributed by atoms with Gasteiger partial charge in [0.05, 0.1) is 6.54 Å². The van der Waals surface area contributed by atoms with Gasteiger partial charge >= 0.3 is 0 Å². The van der Waals surface area contributed by atoms with Crippen LogP contribution in [-0.4, -0.2) is 23.0 Å². The van der Waals surface area contributed by atoms with Crippen molar-refractivity contribution >= 4 is 16.9 Å². The molecule has 0 aromatic heterocycles. The fourth-order valence-electron chi connectivity index (χ4n) is 1.11. The normalized spacial score (nSPS) is 24.6. The lowest BCUT2D eigenvalue weighted by atomic mass is 9.88. The molecule has 1 N–H and O–H groups in total. The van der Waals surface area contributed by atoms with E-state index in [0.29, 0.717) is 16.7 Å². The molecule has 3 heteroatoms. The Labute approximate surface area is 92.0 Å². The minimum absolute atomic E-state index is 0.299. The molecule has 2 unspecified atom stereocenters. The number of aliphatic imine (C=N–C) groups is 1. The van der Waals surface area contributed by atoms with Crippen molar-refractivity contribution in [3.8, 4) is 0 Å². The zero-order chi connectivity index (χ0) is 10.8. The maximum absolute atomic E-state index is 4.51. The Bertz CT molecular complexity index is 218. The predicted molar refractivity (Wildman–Crippen MR) is 66.0 cm³/mol. The summed E-state index contributed by atoms with van der Waals surface area (Å²) in [6.45, 7) is 12.2. The van der Waals surface area contributed by atoms with Crippen LogP contribution in [0.3, 0.4) is 0 Å². The molecule has 2 nitrogen and oxygen atoms in total. The van der Waals surface area contributed by atoms with Crippen molar-refractivity contribution in [2.75, 3.05) is 6.54 Å². The summed E-state index contributed by atoms with van der Waals surface area (Å²) >= 11 is 1.89. The monoisotopic (exact) mass is 214 g/mol. The van der Waals surface area contributed by atoms with Gasteiger partial charge in [-0.15, -0.1) is 0 Å². The molecule has 0 aromatic carbocycles. The van der Waals surface area contributed by atoms with E-state index in [1.165, 1.54) is 6.42 Å². The molecule has 0 amide bonds. The average Bonchev–Trinajstić information content (AvgIpc) is 2.50. The quantitative estimate of drug-likeness (QED) is 0.764. The molecule has 1 aliphatic rings. The van der Waals surface area contributed by atoms with Crippen LogP contribution < -0.4 is 5.32 Å². The minimum Gasteiger partial charge on any atom is -0.362 e. The molecule has 1 heterocycles. The topological polar surface area (TPSA) is 24.4 Å². The molecular weight excluding hydrogens is 192 g/mol. The van der Waals surface area contributed by atoms with Gasteiger partial charge in [0.15, 0.2) is 5.17 Å². The van der Waals surface area contributed by atoms with Crippen LogP contribution in [-0.2, 0) is 0 Å². The van der Waals surface area contributed by atoms with Gasteiger partial charge in [0, 0.05) is 11.3 Å². The minimum atomic E-state index is 0.299. The van der Waals surface area contributed by atoms with E-state index < -0.39 is 0 Å². The summed E-state index contributed by atoms with van der Waals surface area (Å²) in [5.74, 6) is 0. The molecule has 1 rings (SSSR count). The molecule has 0 aliphatic carbocycles. The third-order valence-electron chi connectivity index (χ3n) is 2.81. The van der Waals surface area contributed by atoms with Gasteiger partial charge in [-0.1, -0.05) is 39.5 Å². The van der Waals surface area contributed by atoms with Gasteiger partial charge in [0.2, 0.25) is 0 Å². The van der Waals surface area contributed by atoms with Gasteiger partial charge in [0.25, 0.3) is 0 Å². The van der Waals surface area contributed by atoms with Gasteiger partial charge in [-0.3, -0.25) is 4.99 Å². The van der Waals surface area contributed by atoms with E-state index in [1.807, 2.05) is 11.8 Å². The van der Waals surface area contributed by atoms with Crippen molar-refractivity contribution in [3.05, 3.63) is 0 Å². The molecule has 0 saturated heterocycles. The summed E-state index contributed by atoms with van der Waals surface area (Å²) in [5, 5.41) is 5.33. The number of hydrogen-bond donors (Lipinski definition) is 1. The second-order valence-corrected chi connectivity index (χ2v) is 6.32. The molecule has 0 fully saturated rings. The first-order valence-corrected chi connectivity index (χ1v) is 6.29. The van der Waals surface area contributed by atoms with Crippen LogP contribution in [0.2, 0.25) is 0 Å². The van der Waals surface area contributed by atoms with E-state index in [-0.39, 0.29) is 0 Å². The first kappa shape index (κ1) is 11.9. The van der Waals surface area contributed by atoms with Crippen LogP contribution in [0, 0.1) is 5.41 Å². The lowest BCUT2D eigenvalue weighted by molar-refractivity contribution is 0.317. The maximum Gasteiger partial charge on any atom is 0.157 e. The number of rotatable bonds is 2. The zero-order valence-corrected chi connectivity index (χ0v) is 10.7. The second kappa shape index (κ2) is 4.56. The highest BCUT2D eigenvalue weighted by Crippen LogP contribution is 2.25. The Morgan fingerprint density at radius 2 is 2.21 bits per heavy atom. The molecular formula is C11H22N2S. The summed E-state index contributed by atoms with van der Waals surface area (Å²) in [6, 6.07) is 0.476. The lowest BCUT2D eigenvalue weighted by Crippen LogP contribution is -2.39. The first-order valence-electron chi connectivity index (χ1n) is 5.41. The fourth-order valence-corrected chi connectivity index (χ4v) is 2.14. The summed E-state index contributed by atoms with van der Waals surface area (Å²) in [6.07, 6.45) is 1.21. The van der Waals surface area contributed by atoms with Crippen molar-refractivity contribution in [3.63, 3.8) is 0 Å². The summed E-state index contributed by atoms with van der Waals surface area (Å²) in [4.78, 5) is 4.51. The van der Waals surface area contributed by atoms with Crippen LogP contribution in [0.25, 0.3) is 0 Å². The first-order chi connectivity index (χ1) is 6.43. The lowest BCUT2D eigenvalue weighted by Gasteiger charge is -2.28. The van der Waals surface area contributed by atoms with Crippen molar-refractivity contribution in [1.82, 2.24) is 5.32 Å². The molecule has 0 spiro atoms. The van der Waals surface area contributed by atoms with Gasteiger partial charge < -0.3 is 5.32 Å². The Morgan fingerprint density at radius 3 is 2.64 bits per heavy atom. The van der Waals surface area contributed by atoms with Crippen molar-refractivity contribution in [2.45, 2.75) is 52.3 Å². The summed E-state index contributed by atoms with van der Waals surface area (Å²) in [7, 11) is 0. The molecule has 0 saturated carbocycles. The van der Waals surface area contributed by atoms with Gasteiger partial charge in [-0.2, -0.15) is 0 Å². The zero-order valence-electron chi connectivity index (χ0n) is 9.92. The summed E-state index contributed by atoms with van der Waals surface area (Å²) in [5.41, 5.74) is 0.299. The van der Waals surface area contributed by atoms with E-state index in [4.69, 9.17) is 0 Å². The van der Waals surface area contributed by atoms with E-state index in [1.54, 1.807) is 0 Å². The summed E-state index contributed by atoms with van der Waals surface area (Å²) < 4.78 is 0. The van der Waals surface area contributed by atoms with Crippen LogP contribution in [0.4, 0.5) is 0 Å². The van der Waals surface area contributed by atoms with Crippen molar-refractivity contribution < 1.29 is 0 Å². The Morgan fingerprint density at radius 1 is 1.57 bits per heavy atom. The van der Waals surface area contributed by atoms with E-state index in [0.717, 1.165) is 11.7 Å². The standard InChI is InChI=1S/C11H22N2S/c1-6-9-7-12-10(14-9)13-8(2)11(3,4)5/h8-9H,6-7H2,1-5H3,(H,12,13).